The third-order valence-electron chi connectivity index (χ3n) is 5.49. The molecule has 2 aliphatic rings. The van der Waals surface area contributed by atoms with Crippen molar-refractivity contribution in [3.63, 3.8) is 0 Å². The first-order valence-electron chi connectivity index (χ1n) is 10.3. The monoisotopic (exact) mass is 414 g/mol. The molecule has 156 valence electrons. The molecule has 0 aliphatic carbocycles. The number of rotatable bonds is 4. The molecule has 0 saturated heterocycles. The van der Waals surface area contributed by atoms with Gasteiger partial charge in [-0.3, -0.25) is 9.59 Å². The lowest BCUT2D eigenvalue weighted by molar-refractivity contribution is -0.117. The van der Waals surface area contributed by atoms with E-state index in [1.165, 1.54) is 0 Å². The number of anilines is 6. The van der Waals surface area contributed by atoms with Crippen LogP contribution in [0.25, 0.3) is 0 Å². The van der Waals surface area contributed by atoms with E-state index in [-0.39, 0.29) is 11.8 Å². The first kappa shape index (κ1) is 19.0. The fourth-order valence-corrected chi connectivity index (χ4v) is 3.82. The number of benzene rings is 2. The largest absolute Gasteiger partial charge is 0.340 e. The smallest absolute Gasteiger partial charge is 0.229 e. The van der Waals surface area contributed by atoms with E-state index in [2.05, 4.69) is 31.2 Å². The maximum atomic E-state index is 11.6. The predicted octanol–water partition coefficient (Wildman–Crippen LogP) is 4.04. The van der Waals surface area contributed by atoms with Crippen LogP contribution in [0.15, 0.2) is 42.6 Å². The number of hydrogen-bond donors (Lipinski definition) is 4. The van der Waals surface area contributed by atoms with E-state index in [9.17, 15) is 9.59 Å². The summed E-state index contributed by atoms with van der Waals surface area (Å²) >= 11 is 0. The van der Waals surface area contributed by atoms with E-state index in [0.717, 1.165) is 52.3 Å². The van der Waals surface area contributed by atoms with Crippen molar-refractivity contribution in [1.82, 2.24) is 9.97 Å². The zero-order valence-corrected chi connectivity index (χ0v) is 17.1. The van der Waals surface area contributed by atoms with Crippen molar-refractivity contribution in [1.29, 1.82) is 0 Å². The molecule has 31 heavy (non-hydrogen) atoms. The Kier molecular flexibility index (Phi) is 4.74. The van der Waals surface area contributed by atoms with Gasteiger partial charge in [0.05, 0.1) is 0 Å². The van der Waals surface area contributed by atoms with Crippen molar-refractivity contribution in [2.45, 2.75) is 32.6 Å². The summed E-state index contributed by atoms with van der Waals surface area (Å²) in [5.74, 6) is 1.30. The molecule has 0 saturated carbocycles. The van der Waals surface area contributed by atoms with Gasteiger partial charge in [-0.1, -0.05) is 0 Å². The number of nitrogens with zero attached hydrogens (tertiary/aromatic N) is 2. The minimum absolute atomic E-state index is 0.0513. The van der Waals surface area contributed by atoms with Gasteiger partial charge < -0.3 is 21.3 Å². The van der Waals surface area contributed by atoms with E-state index in [1.54, 1.807) is 6.20 Å². The lowest BCUT2D eigenvalue weighted by Crippen LogP contribution is -2.19. The van der Waals surface area contributed by atoms with Crippen LogP contribution in [0.1, 0.15) is 29.5 Å². The highest BCUT2D eigenvalue weighted by Gasteiger charge is 2.16. The number of hydrogen-bond acceptors (Lipinski definition) is 6. The Bertz CT molecular complexity index is 1210. The normalized spacial score (nSPS) is 14.7. The molecule has 3 aromatic rings. The quantitative estimate of drug-likeness (QED) is 0.513. The third kappa shape index (κ3) is 4.05. The topological polar surface area (TPSA) is 108 Å². The second-order valence-electron chi connectivity index (χ2n) is 7.82. The average Bonchev–Trinajstić information content (AvgIpc) is 2.76. The maximum Gasteiger partial charge on any atom is 0.229 e. The molecule has 5 rings (SSSR count). The molecule has 0 bridgehead atoms. The van der Waals surface area contributed by atoms with Gasteiger partial charge in [0.2, 0.25) is 17.8 Å². The zero-order chi connectivity index (χ0) is 21.4. The molecule has 8 nitrogen and oxygen atoms in total. The zero-order valence-electron chi connectivity index (χ0n) is 17.1. The van der Waals surface area contributed by atoms with Gasteiger partial charge in [-0.15, -0.1) is 0 Å². The predicted molar refractivity (Wildman–Crippen MR) is 120 cm³/mol. The molecule has 2 aliphatic heterocycles. The van der Waals surface area contributed by atoms with Gasteiger partial charge in [0.15, 0.2) is 0 Å². The van der Waals surface area contributed by atoms with E-state index in [1.807, 2.05) is 43.3 Å². The molecule has 3 heterocycles. The highest BCUT2D eigenvalue weighted by Crippen LogP contribution is 2.29. The summed E-state index contributed by atoms with van der Waals surface area (Å²) in [6.07, 6.45) is 4.22. The Hall–Kier alpha value is -3.94. The number of amides is 2. The molecular formula is C23H22N6O2. The minimum atomic E-state index is 0.0513. The van der Waals surface area contributed by atoms with Gasteiger partial charge in [0, 0.05) is 47.4 Å². The molecule has 0 radical (unpaired) electrons. The number of fused-ring (bicyclic) bond motifs is 2. The summed E-state index contributed by atoms with van der Waals surface area (Å²) in [6.45, 7) is 1.95. The molecule has 4 N–H and O–H groups in total. The Morgan fingerprint density at radius 3 is 2.00 bits per heavy atom. The number of nitrogens with one attached hydrogen (secondary N) is 4. The molecular weight excluding hydrogens is 392 g/mol. The summed E-state index contributed by atoms with van der Waals surface area (Å²) in [6, 6.07) is 11.7. The van der Waals surface area contributed by atoms with Crippen LogP contribution >= 0.6 is 0 Å². The van der Waals surface area contributed by atoms with Gasteiger partial charge in [0.1, 0.15) is 5.82 Å². The fourth-order valence-electron chi connectivity index (χ4n) is 3.82. The number of aryl methyl sites for hydroxylation is 3. The molecule has 0 unspecified atom stereocenters. The molecule has 0 spiro atoms. The van der Waals surface area contributed by atoms with Crippen LogP contribution in [0.2, 0.25) is 0 Å². The van der Waals surface area contributed by atoms with E-state index in [0.29, 0.717) is 24.6 Å². The summed E-state index contributed by atoms with van der Waals surface area (Å²) in [5, 5.41) is 12.4. The standard InChI is InChI=1S/C23H22N6O2/c1-13-12-24-23(26-17-5-7-19-15(11-17)3-9-21(31)28-19)29-22(13)25-16-4-6-18-14(10-16)2-8-20(30)27-18/h4-7,10-12H,2-3,8-9H2,1H3,(H,27,30)(H,28,31)(H2,24,25,26,29). The number of carbonyl (C=O) groups excluding carboxylic acids is 2. The van der Waals surface area contributed by atoms with E-state index < -0.39 is 0 Å². The third-order valence-corrected chi connectivity index (χ3v) is 5.49. The second kappa shape index (κ2) is 7.71. The summed E-state index contributed by atoms with van der Waals surface area (Å²) < 4.78 is 0. The first-order valence-corrected chi connectivity index (χ1v) is 10.3. The van der Waals surface area contributed by atoms with Crippen molar-refractivity contribution < 1.29 is 9.59 Å². The van der Waals surface area contributed by atoms with Crippen LogP contribution in [0, 0.1) is 6.92 Å². The van der Waals surface area contributed by atoms with Gasteiger partial charge in [0.25, 0.3) is 0 Å². The van der Waals surface area contributed by atoms with Crippen LogP contribution in [-0.2, 0) is 22.4 Å². The first-order chi connectivity index (χ1) is 15.0. The molecule has 2 amide bonds. The van der Waals surface area contributed by atoms with Crippen LogP contribution in [0.4, 0.5) is 34.5 Å². The summed E-state index contributed by atoms with van der Waals surface area (Å²) in [5.41, 5.74) is 6.63. The summed E-state index contributed by atoms with van der Waals surface area (Å²) in [4.78, 5) is 32.1. The van der Waals surface area contributed by atoms with Gasteiger partial charge >= 0.3 is 0 Å². The Morgan fingerprint density at radius 1 is 0.806 bits per heavy atom. The molecule has 0 atom stereocenters. The lowest BCUT2D eigenvalue weighted by Gasteiger charge is -2.19. The Balaban J connectivity index is 1.35. The molecule has 0 fully saturated rings. The van der Waals surface area contributed by atoms with Gasteiger partial charge in [-0.05, 0) is 67.3 Å². The van der Waals surface area contributed by atoms with E-state index >= 15 is 0 Å². The fraction of sp³-hybridized carbons (Fsp3) is 0.217. The van der Waals surface area contributed by atoms with Gasteiger partial charge in [-0.25, -0.2) is 4.98 Å². The van der Waals surface area contributed by atoms with Crippen molar-refractivity contribution in [2.24, 2.45) is 0 Å². The van der Waals surface area contributed by atoms with E-state index in [4.69, 9.17) is 0 Å². The second-order valence-corrected chi connectivity index (χ2v) is 7.82. The average molecular weight is 414 g/mol. The van der Waals surface area contributed by atoms with Crippen LogP contribution in [0.3, 0.4) is 0 Å². The van der Waals surface area contributed by atoms with Crippen molar-refractivity contribution in [3.05, 3.63) is 59.3 Å². The minimum Gasteiger partial charge on any atom is -0.340 e. The highest BCUT2D eigenvalue weighted by atomic mass is 16.2. The van der Waals surface area contributed by atoms with Crippen molar-refractivity contribution in [3.8, 4) is 0 Å². The lowest BCUT2D eigenvalue weighted by atomic mass is 10.0. The number of aromatic nitrogens is 2. The molecule has 2 aromatic carbocycles. The SMILES string of the molecule is Cc1cnc(Nc2ccc3c(c2)CCC(=O)N3)nc1Nc1ccc2c(c1)CCC(=O)N2. The Labute approximate surface area is 179 Å². The van der Waals surface area contributed by atoms with Gasteiger partial charge in [-0.2, -0.15) is 4.98 Å². The molecule has 8 heteroatoms. The van der Waals surface area contributed by atoms with Crippen LogP contribution < -0.4 is 21.3 Å². The Morgan fingerprint density at radius 2 is 1.39 bits per heavy atom. The van der Waals surface area contributed by atoms with Crippen LogP contribution in [-0.4, -0.2) is 21.8 Å². The van der Waals surface area contributed by atoms with Crippen LogP contribution in [0.5, 0.6) is 0 Å². The number of carbonyl (C=O) groups is 2. The molecule has 1 aromatic heterocycles. The summed E-state index contributed by atoms with van der Waals surface area (Å²) in [7, 11) is 0. The highest BCUT2D eigenvalue weighted by molar-refractivity contribution is 5.95. The van der Waals surface area contributed by atoms with Crippen molar-refractivity contribution >= 4 is 46.3 Å². The maximum absolute atomic E-state index is 11.6. The van der Waals surface area contributed by atoms with Crippen molar-refractivity contribution in [2.75, 3.05) is 21.3 Å².